The summed E-state index contributed by atoms with van der Waals surface area (Å²) in [6.45, 7) is 3.08. The van der Waals surface area contributed by atoms with Gasteiger partial charge < -0.3 is 15.0 Å². The van der Waals surface area contributed by atoms with Crippen molar-refractivity contribution in [1.29, 1.82) is 0 Å². The number of aromatic nitrogens is 2. The summed E-state index contributed by atoms with van der Waals surface area (Å²) in [6.07, 6.45) is 2.88. The van der Waals surface area contributed by atoms with Gasteiger partial charge in [-0.25, -0.2) is 0 Å². The zero-order valence-corrected chi connectivity index (χ0v) is 15.3. The van der Waals surface area contributed by atoms with Crippen LogP contribution in [0.3, 0.4) is 0 Å². The normalized spacial score (nSPS) is 22.1. The van der Waals surface area contributed by atoms with Gasteiger partial charge in [0.05, 0.1) is 12.3 Å². The Labute approximate surface area is 158 Å². The lowest BCUT2D eigenvalue weighted by atomic mass is 9.96. The number of nitrogens with zero attached hydrogens (tertiary/aromatic N) is 3. The number of nitrogens with one attached hydrogen (secondary N) is 1. The Bertz CT molecular complexity index is 828. The van der Waals surface area contributed by atoms with E-state index in [0.717, 1.165) is 36.6 Å². The summed E-state index contributed by atoms with van der Waals surface area (Å²) in [5.74, 6) is 1.98. The maximum absolute atomic E-state index is 12.6. The molecule has 3 heterocycles. The summed E-state index contributed by atoms with van der Waals surface area (Å²) in [5.41, 5.74) is 3.34. The number of amides is 1. The van der Waals surface area contributed by atoms with Gasteiger partial charge in [-0.2, -0.15) is 5.10 Å². The molecule has 140 valence electrons. The van der Waals surface area contributed by atoms with Crippen LogP contribution in [0.1, 0.15) is 41.7 Å². The molecule has 1 saturated heterocycles. The Kier molecular flexibility index (Phi) is 4.28. The average Bonchev–Trinajstić information content (AvgIpc) is 3.52. The van der Waals surface area contributed by atoms with E-state index in [1.807, 2.05) is 18.2 Å². The van der Waals surface area contributed by atoms with Gasteiger partial charge in [-0.15, -0.1) is 5.10 Å². The highest BCUT2D eigenvalue weighted by Gasteiger charge is 2.32. The lowest BCUT2D eigenvalue weighted by molar-refractivity contribution is -0.134. The first-order chi connectivity index (χ1) is 13.3. The van der Waals surface area contributed by atoms with E-state index in [0.29, 0.717) is 25.0 Å². The van der Waals surface area contributed by atoms with Gasteiger partial charge in [0.15, 0.2) is 11.9 Å². The van der Waals surface area contributed by atoms with Crippen molar-refractivity contribution in [2.45, 2.75) is 31.3 Å². The number of carbonyl (C=O) groups is 1. The molecular formula is C21H24N4O2. The first-order valence-electron chi connectivity index (χ1n) is 9.83. The van der Waals surface area contributed by atoms with E-state index >= 15 is 0 Å². The quantitative estimate of drug-likeness (QED) is 0.881. The number of hydrogen-bond donors (Lipinski definition) is 1. The third-order valence-electron chi connectivity index (χ3n) is 5.74. The second-order valence-corrected chi connectivity index (χ2v) is 7.81. The number of rotatable bonds is 5. The van der Waals surface area contributed by atoms with Crippen LogP contribution in [0, 0.1) is 5.92 Å². The Morgan fingerprint density at radius 1 is 1.15 bits per heavy atom. The van der Waals surface area contributed by atoms with Gasteiger partial charge in [0, 0.05) is 31.5 Å². The lowest BCUT2D eigenvalue weighted by Gasteiger charge is -2.40. The van der Waals surface area contributed by atoms with Crippen molar-refractivity contribution in [2.24, 2.45) is 5.92 Å². The smallest absolute Gasteiger partial charge is 0.253 e. The fraction of sp³-hybridized carbons (Fsp3) is 0.476. The highest BCUT2D eigenvalue weighted by molar-refractivity contribution is 5.82. The van der Waals surface area contributed by atoms with Crippen LogP contribution in [0.5, 0.6) is 0 Å². The zero-order valence-electron chi connectivity index (χ0n) is 15.3. The minimum absolute atomic E-state index is 0.0332. The fourth-order valence-electron chi connectivity index (χ4n) is 3.94. The largest absolute Gasteiger partial charge is 0.363 e. The standard InChI is InChI=1S/C21H24N4O2/c26-21(20-17-4-2-1-3-15(17)9-10-27-20)22-11-14-12-25(13-14)19-8-7-18(23-24-19)16-5-6-16/h1-4,7-8,14,16,20H,5-6,9-13H2,(H,22,26). The van der Waals surface area contributed by atoms with Gasteiger partial charge in [-0.05, 0) is 42.5 Å². The van der Waals surface area contributed by atoms with Gasteiger partial charge in [-0.3, -0.25) is 4.79 Å². The van der Waals surface area contributed by atoms with Gasteiger partial charge in [-0.1, -0.05) is 24.3 Å². The molecule has 27 heavy (non-hydrogen) atoms. The molecule has 2 aromatic rings. The number of benzene rings is 1. The van der Waals surface area contributed by atoms with Crippen molar-refractivity contribution in [3.63, 3.8) is 0 Å². The molecule has 0 bridgehead atoms. The van der Waals surface area contributed by atoms with Crippen LogP contribution in [-0.2, 0) is 16.0 Å². The molecule has 3 aliphatic rings. The molecule has 1 saturated carbocycles. The molecule has 1 N–H and O–H groups in total. The first-order valence-corrected chi connectivity index (χ1v) is 9.83. The molecule has 1 aliphatic carbocycles. The predicted molar refractivity (Wildman–Crippen MR) is 102 cm³/mol. The molecule has 2 fully saturated rings. The van der Waals surface area contributed by atoms with Crippen LogP contribution in [0.15, 0.2) is 36.4 Å². The van der Waals surface area contributed by atoms with E-state index in [-0.39, 0.29) is 5.91 Å². The fourth-order valence-corrected chi connectivity index (χ4v) is 3.94. The number of carbonyl (C=O) groups excluding carboxylic acids is 1. The molecule has 1 aromatic carbocycles. The van der Waals surface area contributed by atoms with Crippen molar-refractivity contribution < 1.29 is 9.53 Å². The van der Waals surface area contributed by atoms with E-state index < -0.39 is 6.10 Å². The predicted octanol–water partition coefficient (Wildman–Crippen LogP) is 2.22. The second-order valence-electron chi connectivity index (χ2n) is 7.81. The van der Waals surface area contributed by atoms with Crippen LogP contribution >= 0.6 is 0 Å². The second kappa shape index (κ2) is 6.93. The zero-order chi connectivity index (χ0) is 18.2. The van der Waals surface area contributed by atoms with Crippen LogP contribution in [0.2, 0.25) is 0 Å². The molecule has 6 nitrogen and oxygen atoms in total. The molecule has 0 spiro atoms. The SMILES string of the molecule is O=C(NCC1CN(c2ccc(C3CC3)nn2)C1)C1OCCc2ccccc21. The molecule has 0 radical (unpaired) electrons. The third kappa shape index (κ3) is 3.41. The van der Waals surface area contributed by atoms with Crippen LogP contribution in [0.25, 0.3) is 0 Å². The van der Waals surface area contributed by atoms with E-state index in [1.54, 1.807) is 0 Å². The summed E-state index contributed by atoms with van der Waals surface area (Å²) in [6, 6.07) is 12.2. The van der Waals surface area contributed by atoms with Gasteiger partial charge in [0.2, 0.25) is 0 Å². The van der Waals surface area contributed by atoms with Crippen molar-refractivity contribution >= 4 is 11.7 Å². The van der Waals surface area contributed by atoms with Crippen molar-refractivity contribution in [1.82, 2.24) is 15.5 Å². The molecule has 6 heteroatoms. The van der Waals surface area contributed by atoms with E-state index in [4.69, 9.17) is 4.74 Å². The highest BCUT2D eigenvalue weighted by atomic mass is 16.5. The number of anilines is 1. The number of hydrogen-bond acceptors (Lipinski definition) is 5. The Hall–Kier alpha value is -2.47. The molecular weight excluding hydrogens is 340 g/mol. The summed E-state index contributed by atoms with van der Waals surface area (Å²) in [4.78, 5) is 14.8. The molecule has 1 unspecified atom stereocenters. The van der Waals surface area contributed by atoms with E-state index in [2.05, 4.69) is 38.6 Å². The molecule has 1 aromatic heterocycles. The van der Waals surface area contributed by atoms with Crippen LogP contribution < -0.4 is 10.2 Å². The lowest BCUT2D eigenvalue weighted by Crippen LogP contribution is -2.52. The Morgan fingerprint density at radius 2 is 2.00 bits per heavy atom. The molecule has 2 aliphatic heterocycles. The maximum Gasteiger partial charge on any atom is 0.253 e. The number of fused-ring (bicyclic) bond motifs is 1. The first kappa shape index (κ1) is 16.7. The van der Waals surface area contributed by atoms with Crippen molar-refractivity contribution in [3.05, 3.63) is 53.2 Å². The topological polar surface area (TPSA) is 67.4 Å². The highest BCUT2D eigenvalue weighted by Crippen LogP contribution is 2.39. The van der Waals surface area contributed by atoms with Gasteiger partial charge in [0.1, 0.15) is 0 Å². The number of ether oxygens (including phenoxy) is 1. The van der Waals surface area contributed by atoms with Gasteiger partial charge >= 0.3 is 0 Å². The molecule has 1 atom stereocenters. The molecule has 1 amide bonds. The van der Waals surface area contributed by atoms with Crippen molar-refractivity contribution in [2.75, 3.05) is 31.1 Å². The third-order valence-corrected chi connectivity index (χ3v) is 5.74. The van der Waals surface area contributed by atoms with E-state index in [9.17, 15) is 4.79 Å². The minimum atomic E-state index is -0.480. The maximum atomic E-state index is 12.6. The summed E-state index contributed by atoms with van der Waals surface area (Å²) in [5, 5.41) is 11.8. The monoisotopic (exact) mass is 364 g/mol. The van der Waals surface area contributed by atoms with E-state index in [1.165, 1.54) is 18.4 Å². The minimum Gasteiger partial charge on any atom is -0.363 e. The molecule has 5 rings (SSSR count). The summed E-state index contributed by atoms with van der Waals surface area (Å²) in [7, 11) is 0. The summed E-state index contributed by atoms with van der Waals surface area (Å²) >= 11 is 0. The van der Waals surface area contributed by atoms with Crippen LogP contribution in [-0.4, -0.2) is 42.3 Å². The van der Waals surface area contributed by atoms with Gasteiger partial charge in [0.25, 0.3) is 5.91 Å². The van der Waals surface area contributed by atoms with Crippen molar-refractivity contribution in [3.8, 4) is 0 Å². The average molecular weight is 364 g/mol. The Morgan fingerprint density at radius 3 is 2.78 bits per heavy atom. The Balaban J connectivity index is 1.12. The van der Waals surface area contributed by atoms with Crippen LogP contribution in [0.4, 0.5) is 5.82 Å². The summed E-state index contributed by atoms with van der Waals surface area (Å²) < 4.78 is 5.74.